The summed E-state index contributed by atoms with van der Waals surface area (Å²) in [6.45, 7) is 0. The van der Waals surface area contributed by atoms with Crippen molar-refractivity contribution in [3.8, 4) is 11.5 Å². The van der Waals surface area contributed by atoms with Gasteiger partial charge in [-0.1, -0.05) is 17.2 Å². The van der Waals surface area contributed by atoms with Crippen LogP contribution < -0.4 is 14.8 Å². The molecule has 1 aliphatic rings. The largest absolute Gasteiger partial charge is 0.493 e. The van der Waals surface area contributed by atoms with Gasteiger partial charge in [-0.25, -0.2) is 9.18 Å². The zero-order chi connectivity index (χ0) is 22.8. The van der Waals surface area contributed by atoms with Crippen LogP contribution in [0.3, 0.4) is 0 Å². The number of carbonyl (C=O) groups excluding carboxylic acids is 2. The lowest BCUT2D eigenvalue weighted by Gasteiger charge is -2.28. The van der Waals surface area contributed by atoms with Crippen molar-refractivity contribution in [2.24, 2.45) is 0 Å². The second kappa shape index (κ2) is 8.46. The van der Waals surface area contributed by atoms with Crippen molar-refractivity contribution < 1.29 is 28.2 Å². The third kappa shape index (κ3) is 3.53. The molecule has 0 radical (unpaired) electrons. The number of hydrogen-bond acceptors (Lipinski definition) is 9. The summed E-state index contributed by atoms with van der Waals surface area (Å²) in [7, 11) is 4.12. The summed E-state index contributed by atoms with van der Waals surface area (Å²) < 4.78 is 30.3. The van der Waals surface area contributed by atoms with Gasteiger partial charge in [-0.15, -0.1) is 0 Å². The third-order valence-electron chi connectivity index (χ3n) is 4.98. The monoisotopic (exact) mass is 439 g/mol. The van der Waals surface area contributed by atoms with Crippen molar-refractivity contribution in [3.63, 3.8) is 0 Å². The van der Waals surface area contributed by atoms with Gasteiger partial charge in [0.2, 0.25) is 5.95 Å². The molecule has 1 aromatic heterocycles. The molecular formula is C21H18FN5O5. The van der Waals surface area contributed by atoms with Crippen LogP contribution in [-0.4, -0.2) is 53.3 Å². The van der Waals surface area contributed by atoms with Crippen LogP contribution in [0, 0.1) is 5.82 Å². The summed E-state index contributed by atoms with van der Waals surface area (Å²) >= 11 is 0. The minimum absolute atomic E-state index is 0.0236. The highest BCUT2D eigenvalue weighted by molar-refractivity contribution is 6.15. The van der Waals surface area contributed by atoms with Gasteiger partial charge in [0, 0.05) is 5.56 Å². The minimum Gasteiger partial charge on any atom is -0.493 e. The Bertz CT molecular complexity index is 1220. The molecule has 0 saturated heterocycles. The van der Waals surface area contributed by atoms with Gasteiger partial charge in [0.25, 0.3) is 0 Å². The molecule has 0 bridgehead atoms. The molecular weight excluding hydrogens is 421 g/mol. The standard InChI is InChI=1S/C21H18FN5O5/c1-30-14-9-6-12(10-15(14)31-2)19(28)16-17(20(29)32-3)23-21-24-25-26-27(21)18(16)11-4-7-13(22)8-5-11/h4-10,18H,1-3H3,(H,23,24,26)/t18-/m0/s1. The van der Waals surface area contributed by atoms with Gasteiger partial charge in [0.1, 0.15) is 17.6 Å². The molecule has 2 heterocycles. The van der Waals surface area contributed by atoms with Gasteiger partial charge < -0.3 is 19.5 Å². The molecule has 0 amide bonds. The molecule has 164 valence electrons. The fourth-order valence-corrected chi connectivity index (χ4v) is 3.47. The summed E-state index contributed by atoms with van der Waals surface area (Å²) in [6, 6.07) is 9.19. The van der Waals surface area contributed by atoms with E-state index in [-0.39, 0.29) is 22.8 Å². The van der Waals surface area contributed by atoms with Gasteiger partial charge in [-0.2, -0.15) is 4.68 Å². The molecule has 1 N–H and O–H groups in total. The number of anilines is 1. The summed E-state index contributed by atoms with van der Waals surface area (Å²) in [5.41, 5.74) is 0.621. The number of ether oxygens (including phenoxy) is 3. The number of methoxy groups -OCH3 is 3. The van der Waals surface area contributed by atoms with Crippen molar-refractivity contribution >= 4 is 17.7 Å². The van der Waals surface area contributed by atoms with Crippen LogP contribution in [0.1, 0.15) is 22.0 Å². The van der Waals surface area contributed by atoms with E-state index in [1.54, 1.807) is 12.1 Å². The first-order chi connectivity index (χ1) is 15.5. The number of nitrogens with one attached hydrogen (secondary N) is 1. The highest BCUT2D eigenvalue weighted by Crippen LogP contribution is 2.38. The smallest absolute Gasteiger partial charge is 0.355 e. The minimum atomic E-state index is -0.920. The SMILES string of the molecule is COC(=O)C1=C(C(=O)c2ccc(OC)c(OC)c2)[C@H](c2ccc(F)cc2)n2nnnc2N1. The highest BCUT2D eigenvalue weighted by atomic mass is 19.1. The number of esters is 1. The van der Waals surface area contributed by atoms with Gasteiger partial charge in [-0.3, -0.25) is 4.79 Å². The number of ketones is 1. The molecule has 10 nitrogen and oxygen atoms in total. The molecule has 2 aromatic carbocycles. The number of tetrazole rings is 1. The topological polar surface area (TPSA) is 117 Å². The van der Waals surface area contributed by atoms with E-state index >= 15 is 0 Å². The van der Waals surface area contributed by atoms with E-state index in [9.17, 15) is 14.0 Å². The molecule has 3 aromatic rings. The maximum absolute atomic E-state index is 13.7. The maximum atomic E-state index is 13.7. The van der Waals surface area contributed by atoms with Crippen LogP contribution in [0.5, 0.6) is 11.5 Å². The first-order valence-electron chi connectivity index (χ1n) is 9.38. The zero-order valence-corrected chi connectivity index (χ0v) is 17.3. The number of nitrogens with zero attached hydrogens (tertiary/aromatic N) is 4. The van der Waals surface area contributed by atoms with E-state index in [1.807, 2.05) is 0 Å². The van der Waals surface area contributed by atoms with E-state index in [0.29, 0.717) is 17.1 Å². The number of carbonyl (C=O) groups is 2. The molecule has 0 fully saturated rings. The van der Waals surface area contributed by atoms with E-state index in [4.69, 9.17) is 14.2 Å². The number of hydrogen-bond donors (Lipinski definition) is 1. The Morgan fingerprint density at radius 3 is 2.41 bits per heavy atom. The van der Waals surface area contributed by atoms with Crippen molar-refractivity contribution in [2.75, 3.05) is 26.6 Å². The Balaban J connectivity index is 1.93. The lowest BCUT2D eigenvalue weighted by Crippen LogP contribution is -2.33. The normalized spacial score (nSPS) is 14.9. The van der Waals surface area contributed by atoms with E-state index in [2.05, 4.69) is 20.8 Å². The lowest BCUT2D eigenvalue weighted by atomic mass is 9.89. The Labute approximate surface area is 181 Å². The molecule has 11 heteroatoms. The first-order valence-corrected chi connectivity index (χ1v) is 9.38. The Morgan fingerprint density at radius 1 is 1.03 bits per heavy atom. The Kier molecular flexibility index (Phi) is 5.54. The van der Waals surface area contributed by atoms with Crippen LogP contribution in [-0.2, 0) is 9.53 Å². The second-order valence-electron chi connectivity index (χ2n) is 6.71. The number of rotatable bonds is 6. The molecule has 0 saturated carbocycles. The summed E-state index contributed by atoms with van der Waals surface area (Å²) in [4.78, 5) is 26.3. The fraction of sp³-hybridized carbons (Fsp3) is 0.190. The average molecular weight is 439 g/mol. The first kappa shape index (κ1) is 21.0. The summed E-state index contributed by atoms with van der Waals surface area (Å²) in [6.07, 6.45) is 0. The van der Waals surface area contributed by atoms with E-state index in [0.717, 1.165) is 0 Å². The summed E-state index contributed by atoms with van der Waals surface area (Å²) in [5, 5.41) is 14.2. The van der Waals surface area contributed by atoms with Crippen molar-refractivity contribution in [1.82, 2.24) is 20.2 Å². The number of aromatic nitrogens is 4. The third-order valence-corrected chi connectivity index (χ3v) is 4.98. The zero-order valence-electron chi connectivity index (χ0n) is 17.3. The Morgan fingerprint density at radius 2 is 1.75 bits per heavy atom. The van der Waals surface area contributed by atoms with Crippen LogP contribution in [0.4, 0.5) is 10.3 Å². The molecule has 0 aliphatic carbocycles. The average Bonchev–Trinajstić information content (AvgIpc) is 3.30. The van der Waals surface area contributed by atoms with Crippen LogP contribution >= 0.6 is 0 Å². The van der Waals surface area contributed by atoms with Gasteiger partial charge in [0.15, 0.2) is 17.3 Å². The van der Waals surface area contributed by atoms with Gasteiger partial charge >= 0.3 is 5.97 Å². The molecule has 32 heavy (non-hydrogen) atoms. The number of benzene rings is 2. The van der Waals surface area contributed by atoms with Crippen LogP contribution in [0.2, 0.25) is 0 Å². The molecule has 4 rings (SSSR count). The number of allylic oxidation sites excluding steroid dienone is 1. The van der Waals surface area contributed by atoms with Gasteiger partial charge in [0.05, 0.1) is 26.9 Å². The second-order valence-corrected chi connectivity index (χ2v) is 6.71. The Hall–Kier alpha value is -4.28. The predicted octanol–water partition coefficient (Wildman–Crippen LogP) is 2.15. The van der Waals surface area contributed by atoms with E-state index in [1.165, 1.54) is 56.3 Å². The van der Waals surface area contributed by atoms with Crippen molar-refractivity contribution in [2.45, 2.75) is 6.04 Å². The lowest BCUT2D eigenvalue weighted by molar-refractivity contribution is -0.136. The quantitative estimate of drug-likeness (QED) is 0.455. The van der Waals surface area contributed by atoms with Crippen LogP contribution in [0.25, 0.3) is 0 Å². The molecule has 1 aliphatic heterocycles. The number of halogens is 1. The van der Waals surface area contributed by atoms with Crippen molar-refractivity contribution in [1.29, 1.82) is 0 Å². The molecule has 0 spiro atoms. The highest BCUT2D eigenvalue weighted by Gasteiger charge is 2.38. The maximum Gasteiger partial charge on any atom is 0.355 e. The number of Topliss-reactive ketones (excluding diaryl/α,β-unsaturated/α-hetero) is 1. The predicted molar refractivity (Wildman–Crippen MR) is 109 cm³/mol. The van der Waals surface area contributed by atoms with Crippen LogP contribution in [0.15, 0.2) is 53.7 Å². The molecule has 0 unspecified atom stereocenters. The van der Waals surface area contributed by atoms with Gasteiger partial charge in [-0.05, 0) is 46.3 Å². The summed E-state index contributed by atoms with van der Waals surface area (Å²) in [5.74, 6) is -0.840. The molecule has 1 atom stereocenters. The van der Waals surface area contributed by atoms with E-state index < -0.39 is 23.6 Å². The number of fused-ring (bicyclic) bond motifs is 1. The fourth-order valence-electron chi connectivity index (χ4n) is 3.47. The van der Waals surface area contributed by atoms with Crippen molar-refractivity contribution in [3.05, 3.63) is 70.7 Å².